The summed E-state index contributed by atoms with van der Waals surface area (Å²) in [6, 6.07) is 15.1. The zero-order chi connectivity index (χ0) is 21.0. The average Bonchev–Trinajstić information content (AvgIpc) is 3.12. The first-order valence-electron chi connectivity index (χ1n) is 10.2. The molecule has 2 aromatic rings. The van der Waals surface area contributed by atoms with Crippen molar-refractivity contribution in [1.29, 1.82) is 0 Å². The molecule has 0 aromatic heterocycles. The molecule has 1 heterocycles. The summed E-state index contributed by atoms with van der Waals surface area (Å²) in [4.78, 5) is 27.9. The molecule has 1 aliphatic heterocycles. The molecule has 1 fully saturated rings. The summed E-state index contributed by atoms with van der Waals surface area (Å²) in [7, 11) is 0. The van der Waals surface area contributed by atoms with E-state index in [-0.39, 0.29) is 23.7 Å². The number of nitrogens with zero attached hydrogens (tertiary/aromatic N) is 1. The summed E-state index contributed by atoms with van der Waals surface area (Å²) in [6.07, 6.45) is 0.943. The van der Waals surface area contributed by atoms with Crippen LogP contribution in [0.4, 0.5) is 0 Å². The molecular weight excluding hydrogens is 384 g/mol. The lowest BCUT2D eigenvalue weighted by Crippen LogP contribution is -2.36. The highest BCUT2D eigenvalue weighted by Crippen LogP contribution is 2.35. The lowest BCUT2D eigenvalue weighted by Gasteiger charge is -2.20. The minimum Gasteiger partial charge on any atom is -0.356 e. The van der Waals surface area contributed by atoms with Crippen molar-refractivity contribution >= 4 is 23.4 Å². The van der Waals surface area contributed by atoms with Gasteiger partial charge in [0.05, 0.1) is 5.92 Å². The van der Waals surface area contributed by atoms with Crippen LogP contribution in [0.1, 0.15) is 47.7 Å². The second-order valence-corrected chi connectivity index (χ2v) is 8.70. The molecule has 29 heavy (non-hydrogen) atoms. The predicted molar refractivity (Wildman–Crippen MR) is 117 cm³/mol. The molecule has 4 nitrogen and oxygen atoms in total. The summed E-state index contributed by atoms with van der Waals surface area (Å²) in [5.41, 5.74) is 2.84. The smallest absolute Gasteiger partial charge is 0.253 e. The van der Waals surface area contributed by atoms with E-state index in [9.17, 15) is 9.59 Å². The van der Waals surface area contributed by atoms with Gasteiger partial charge in [-0.15, -0.1) is 0 Å². The van der Waals surface area contributed by atoms with Crippen LogP contribution >= 0.6 is 11.6 Å². The van der Waals surface area contributed by atoms with Gasteiger partial charge in [0, 0.05) is 36.1 Å². The van der Waals surface area contributed by atoms with Crippen LogP contribution in [0.25, 0.3) is 0 Å². The average molecular weight is 413 g/mol. The van der Waals surface area contributed by atoms with Gasteiger partial charge in [0.15, 0.2) is 0 Å². The first-order valence-corrected chi connectivity index (χ1v) is 10.6. The molecule has 0 saturated carbocycles. The van der Waals surface area contributed by atoms with Gasteiger partial charge in [0.2, 0.25) is 5.91 Å². The number of aryl methyl sites for hydroxylation is 1. The molecule has 154 valence electrons. The van der Waals surface area contributed by atoms with E-state index < -0.39 is 0 Å². The van der Waals surface area contributed by atoms with E-state index in [1.165, 1.54) is 0 Å². The molecule has 2 amide bonds. The van der Waals surface area contributed by atoms with Crippen molar-refractivity contribution in [2.75, 3.05) is 19.6 Å². The molecule has 3 rings (SSSR count). The normalized spacial score (nSPS) is 18.9. The highest BCUT2D eigenvalue weighted by atomic mass is 35.5. The van der Waals surface area contributed by atoms with Gasteiger partial charge in [-0.2, -0.15) is 0 Å². The van der Waals surface area contributed by atoms with Crippen LogP contribution in [-0.4, -0.2) is 36.3 Å². The van der Waals surface area contributed by atoms with Crippen LogP contribution in [0.5, 0.6) is 0 Å². The Balaban J connectivity index is 1.83. The highest BCUT2D eigenvalue weighted by Gasteiger charge is 2.41. The molecule has 0 spiro atoms. The maximum absolute atomic E-state index is 13.1. The predicted octanol–water partition coefficient (Wildman–Crippen LogP) is 4.67. The Labute approximate surface area is 178 Å². The van der Waals surface area contributed by atoms with Crippen LogP contribution in [0.2, 0.25) is 5.02 Å². The van der Waals surface area contributed by atoms with E-state index in [2.05, 4.69) is 38.2 Å². The Morgan fingerprint density at radius 3 is 2.59 bits per heavy atom. The van der Waals surface area contributed by atoms with Gasteiger partial charge >= 0.3 is 0 Å². The highest BCUT2D eigenvalue weighted by molar-refractivity contribution is 6.30. The maximum Gasteiger partial charge on any atom is 0.253 e. The number of halogens is 1. The van der Waals surface area contributed by atoms with E-state index in [0.717, 1.165) is 17.5 Å². The summed E-state index contributed by atoms with van der Waals surface area (Å²) < 4.78 is 0. The second-order valence-electron chi connectivity index (χ2n) is 8.26. The molecular formula is C24H29ClN2O2. The Morgan fingerprint density at radius 1 is 1.14 bits per heavy atom. The fraction of sp³-hybridized carbons (Fsp3) is 0.417. The minimum absolute atomic E-state index is 0.0154. The van der Waals surface area contributed by atoms with E-state index in [1.807, 2.05) is 12.1 Å². The lowest BCUT2D eigenvalue weighted by molar-refractivity contribution is -0.124. The summed E-state index contributed by atoms with van der Waals surface area (Å²) in [6.45, 7) is 7.95. The summed E-state index contributed by atoms with van der Waals surface area (Å²) >= 11 is 6.07. The zero-order valence-corrected chi connectivity index (χ0v) is 18.1. The van der Waals surface area contributed by atoms with Gasteiger partial charge in [0.25, 0.3) is 5.91 Å². The largest absolute Gasteiger partial charge is 0.356 e. The Morgan fingerprint density at radius 2 is 1.90 bits per heavy atom. The molecule has 2 aromatic carbocycles. The Kier molecular flexibility index (Phi) is 6.96. The van der Waals surface area contributed by atoms with E-state index in [0.29, 0.717) is 36.1 Å². The number of carbonyl (C=O) groups is 2. The van der Waals surface area contributed by atoms with Crippen molar-refractivity contribution in [3.63, 3.8) is 0 Å². The first-order chi connectivity index (χ1) is 13.9. The van der Waals surface area contributed by atoms with Crippen LogP contribution < -0.4 is 5.32 Å². The van der Waals surface area contributed by atoms with E-state index in [1.54, 1.807) is 29.2 Å². The molecule has 0 bridgehead atoms. The monoisotopic (exact) mass is 412 g/mol. The fourth-order valence-electron chi connectivity index (χ4n) is 3.97. The van der Waals surface area contributed by atoms with Crippen LogP contribution in [0.3, 0.4) is 0 Å². The topological polar surface area (TPSA) is 49.4 Å². The Bertz CT molecular complexity index is 881. The van der Waals surface area contributed by atoms with Gasteiger partial charge in [-0.05, 0) is 48.6 Å². The van der Waals surface area contributed by atoms with Gasteiger partial charge in [0.1, 0.15) is 0 Å². The minimum atomic E-state index is -0.258. The van der Waals surface area contributed by atoms with Crippen molar-refractivity contribution in [1.82, 2.24) is 10.2 Å². The van der Waals surface area contributed by atoms with E-state index >= 15 is 0 Å². The molecule has 1 saturated heterocycles. The molecule has 5 heteroatoms. The van der Waals surface area contributed by atoms with Gasteiger partial charge < -0.3 is 10.2 Å². The van der Waals surface area contributed by atoms with Crippen molar-refractivity contribution < 1.29 is 9.59 Å². The summed E-state index contributed by atoms with van der Waals surface area (Å²) in [5.74, 6) is 0.209. The lowest BCUT2D eigenvalue weighted by atomic mass is 9.86. The van der Waals surface area contributed by atoms with E-state index in [4.69, 9.17) is 11.6 Å². The molecule has 0 radical (unpaired) electrons. The number of hydrogen-bond donors (Lipinski definition) is 1. The van der Waals surface area contributed by atoms with Crippen molar-refractivity contribution in [3.8, 4) is 0 Å². The number of rotatable bonds is 6. The standard InChI is InChI=1S/C24H29ClN2O2/c1-16(2)11-12-26-23(28)22-15-27(24(29)18-8-6-9-19(25)13-18)14-21(22)20-10-5-4-7-17(20)3/h4-10,13,16,21-22H,11-12,14-15H2,1-3H3,(H,26,28)/t21-,22+/m1/s1. The quantitative estimate of drug-likeness (QED) is 0.749. The van der Waals surface area contributed by atoms with Crippen LogP contribution in [0, 0.1) is 18.8 Å². The third-order valence-corrected chi connectivity index (χ3v) is 5.86. The number of nitrogens with one attached hydrogen (secondary N) is 1. The third-order valence-electron chi connectivity index (χ3n) is 5.62. The Hall–Kier alpha value is -2.33. The SMILES string of the molecule is Cc1ccccc1[C@H]1CN(C(=O)c2cccc(Cl)c2)C[C@@H]1C(=O)NCCC(C)C. The first kappa shape index (κ1) is 21.4. The number of amides is 2. The number of hydrogen-bond acceptors (Lipinski definition) is 2. The number of likely N-dealkylation sites (tertiary alicyclic amines) is 1. The molecule has 1 N–H and O–H groups in total. The van der Waals surface area contributed by atoms with Crippen LogP contribution in [-0.2, 0) is 4.79 Å². The van der Waals surface area contributed by atoms with Gasteiger partial charge in [-0.1, -0.05) is 55.8 Å². The zero-order valence-electron chi connectivity index (χ0n) is 17.3. The fourth-order valence-corrected chi connectivity index (χ4v) is 4.16. The van der Waals surface area contributed by atoms with Gasteiger partial charge in [-0.25, -0.2) is 0 Å². The van der Waals surface area contributed by atoms with Crippen molar-refractivity contribution in [2.45, 2.75) is 33.1 Å². The third kappa shape index (κ3) is 5.18. The second kappa shape index (κ2) is 9.45. The molecule has 2 atom stereocenters. The number of benzene rings is 2. The van der Waals surface area contributed by atoms with Crippen molar-refractivity contribution in [3.05, 3.63) is 70.2 Å². The van der Waals surface area contributed by atoms with Gasteiger partial charge in [-0.3, -0.25) is 9.59 Å². The van der Waals surface area contributed by atoms with Crippen molar-refractivity contribution in [2.24, 2.45) is 11.8 Å². The molecule has 1 aliphatic rings. The molecule has 0 unspecified atom stereocenters. The number of carbonyl (C=O) groups excluding carboxylic acids is 2. The molecule has 0 aliphatic carbocycles. The summed E-state index contributed by atoms with van der Waals surface area (Å²) in [5, 5.41) is 3.62. The van der Waals surface area contributed by atoms with Crippen LogP contribution in [0.15, 0.2) is 48.5 Å². The maximum atomic E-state index is 13.1.